The number of carbonyl (C=O) groups excluding carboxylic acids is 1. The minimum atomic E-state index is -0.423. The minimum absolute atomic E-state index is 0.125. The molecule has 1 aromatic heterocycles. The molecule has 4 aromatic rings. The van der Waals surface area contributed by atoms with Crippen molar-refractivity contribution in [3.63, 3.8) is 0 Å². The van der Waals surface area contributed by atoms with E-state index in [2.05, 4.69) is 4.98 Å². The Morgan fingerprint density at radius 2 is 1.90 bits per heavy atom. The number of oxazole rings is 1. The summed E-state index contributed by atoms with van der Waals surface area (Å²) >= 11 is 5.96. The first kappa shape index (κ1) is 20.9. The van der Waals surface area contributed by atoms with Crippen LogP contribution in [0.1, 0.15) is 12.5 Å². The monoisotopic (exact) mass is 438 g/mol. The van der Waals surface area contributed by atoms with Crippen LogP contribution < -0.4 is 9.64 Å². The Bertz CT molecular complexity index is 1220. The summed E-state index contributed by atoms with van der Waals surface area (Å²) in [7, 11) is 1.59. The Hall–Kier alpha value is -3.38. The lowest BCUT2D eigenvalue weighted by atomic mass is 9.99. The quantitative estimate of drug-likeness (QED) is 0.357. The van der Waals surface area contributed by atoms with Gasteiger partial charge in [-0.1, -0.05) is 42.8 Å². The fourth-order valence-electron chi connectivity index (χ4n) is 3.33. The van der Waals surface area contributed by atoms with E-state index in [0.717, 1.165) is 5.56 Å². The molecule has 0 spiro atoms. The molecule has 1 heterocycles. The van der Waals surface area contributed by atoms with Gasteiger partial charge in [-0.15, -0.1) is 0 Å². The number of hydrogen-bond acceptors (Lipinski definition) is 4. The molecule has 1 atom stereocenters. The predicted molar refractivity (Wildman–Crippen MR) is 118 cm³/mol. The van der Waals surface area contributed by atoms with E-state index in [4.69, 9.17) is 20.8 Å². The molecule has 7 heteroatoms. The average molecular weight is 439 g/mol. The van der Waals surface area contributed by atoms with Crippen LogP contribution in [0.2, 0.25) is 5.02 Å². The lowest BCUT2D eigenvalue weighted by molar-refractivity contribution is -0.121. The number of aromatic nitrogens is 1. The van der Waals surface area contributed by atoms with E-state index in [0.29, 0.717) is 28.3 Å². The van der Waals surface area contributed by atoms with E-state index in [1.807, 2.05) is 19.1 Å². The molecule has 0 aliphatic rings. The van der Waals surface area contributed by atoms with Crippen molar-refractivity contribution in [3.8, 4) is 11.8 Å². The number of ether oxygens (including phenoxy) is 1. The maximum atomic E-state index is 14.0. The van der Waals surface area contributed by atoms with Crippen LogP contribution in [0, 0.1) is 11.7 Å². The summed E-state index contributed by atoms with van der Waals surface area (Å²) in [5, 5.41) is 0.559. The minimum Gasteiger partial charge on any atom is -0.411 e. The Labute approximate surface area is 184 Å². The summed E-state index contributed by atoms with van der Waals surface area (Å²) in [5.41, 5.74) is 2.43. The average Bonchev–Trinajstić information content (AvgIpc) is 3.15. The van der Waals surface area contributed by atoms with E-state index >= 15 is 0 Å². The molecule has 0 N–H and O–H groups in total. The van der Waals surface area contributed by atoms with E-state index in [1.54, 1.807) is 55.6 Å². The molecular formula is C24H20ClFN2O3. The van der Waals surface area contributed by atoms with Gasteiger partial charge >= 0.3 is 6.08 Å². The largest absolute Gasteiger partial charge is 0.411 e. The normalized spacial score (nSPS) is 12.0. The zero-order valence-electron chi connectivity index (χ0n) is 17.0. The van der Waals surface area contributed by atoms with Crippen molar-refractivity contribution < 1.29 is 18.3 Å². The fourth-order valence-corrected chi connectivity index (χ4v) is 3.49. The van der Waals surface area contributed by atoms with Crippen LogP contribution in [-0.4, -0.2) is 17.9 Å². The van der Waals surface area contributed by atoms with E-state index in [1.165, 1.54) is 11.0 Å². The Balaban J connectivity index is 1.40. The van der Waals surface area contributed by atoms with Crippen molar-refractivity contribution in [1.82, 2.24) is 4.98 Å². The van der Waals surface area contributed by atoms with Gasteiger partial charge in [-0.25, -0.2) is 4.39 Å². The fraction of sp³-hybridized carbons (Fsp3) is 0.167. The SMILES string of the molecule is C[C@@H](Cc1ccc(Oc2nc3ccc(Cl)cc3o2)cc1)C(=O)N(C)c1ccccc1F. The molecular weight excluding hydrogens is 419 g/mol. The number of nitrogens with zero attached hydrogens (tertiary/aromatic N) is 2. The molecule has 158 valence electrons. The van der Waals surface area contributed by atoms with Gasteiger partial charge in [0.25, 0.3) is 0 Å². The van der Waals surface area contributed by atoms with Crippen LogP contribution >= 0.6 is 11.6 Å². The molecule has 0 unspecified atom stereocenters. The standard InChI is InChI=1S/C24H20ClFN2O3/c1-15(23(29)28(2)21-6-4-3-5-19(21)26)13-16-7-10-18(11-8-16)30-24-27-20-12-9-17(25)14-22(20)31-24/h3-12,14-15H,13H2,1-2H3/t15-/m0/s1. The molecule has 4 rings (SSSR count). The van der Waals surface area contributed by atoms with Crippen LogP contribution in [0.5, 0.6) is 11.8 Å². The summed E-state index contributed by atoms with van der Waals surface area (Å²) < 4.78 is 25.2. The van der Waals surface area contributed by atoms with Crippen LogP contribution in [0.4, 0.5) is 10.1 Å². The third-order valence-electron chi connectivity index (χ3n) is 4.97. The molecule has 1 amide bonds. The summed E-state index contributed by atoms with van der Waals surface area (Å²) in [6.07, 6.45) is 0.638. The summed E-state index contributed by atoms with van der Waals surface area (Å²) in [6.45, 7) is 1.83. The number of fused-ring (bicyclic) bond motifs is 1. The zero-order valence-corrected chi connectivity index (χ0v) is 17.8. The Morgan fingerprint density at radius 1 is 1.16 bits per heavy atom. The van der Waals surface area contributed by atoms with Gasteiger partial charge in [-0.3, -0.25) is 4.79 Å². The molecule has 0 saturated heterocycles. The van der Waals surface area contributed by atoms with Crippen molar-refractivity contribution in [3.05, 3.63) is 83.1 Å². The van der Waals surface area contributed by atoms with Gasteiger partial charge in [-0.05, 0) is 48.4 Å². The molecule has 0 aliphatic carbocycles. The third kappa shape index (κ3) is 4.70. The van der Waals surface area contributed by atoms with E-state index < -0.39 is 5.82 Å². The molecule has 0 saturated carbocycles. The molecule has 31 heavy (non-hydrogen) atoms. The molecule has 3 aromatic carbocycles. The maximum absolute atomic E-state index is 14.0. The van der Waals surface area contributed by atoms with Crippen LogP contribution in [-0.2, 0) is 11.2 Å². The first-order valence-electron chi connectivity index (χ1n) is 9.75. The Morgan fingerprint density at radius 3 is 2.65 bits per heavy atom. The highest BCUT2D eigenvalue weighted by atomic mass is 35.5. The summed E-state index contributed by atoms with van der Waals surface area (Å²) in [5.74, 6) is -0.342. The van der Waals surface area contributed by atoms with Gasteiger partial charge in [-0.2, -0.15) is 4.98 Å². The number of hydrogen-bond donors (Lipinski definition) is 0. The number of halogens is 2. The van der Waals surface area contributed by atoms with Crippen LogP contribution in [0.15, 0.2) is 71.1 Å². The van der Waals surface area contributed by atoms with Crippen molar-refractivity contribution in [2.75, 3.05) is 11.9 Å². The van der Waals surface area contributed by atoms with Gasteiger partial charge in [0.1, 0.15) is 17.1 Å². The van der Waals surface area contributed by atoms with Crippen molar-refractivity contribution in [1.29, 1.82) is 0 Å². The van der Waals surface area contributed by atoms with Crippen LogP contribution in [0.25, 0.3) is 11.1 Å². The van der Waals surface area contributed by atoms with Crippen molar-refractivity contribution >= 4 is 34.3 Å². The summed E-state index contributed by atoms with van der Waals surface area (Å²) in [4.78, 5) is 18.4. The van der Waals surface area contributed by atoms with Crippen LogP contribution in [0.3, 0.4) is 0 Å². The molecule has 5 nitrogen and oxygen atoms in total. The first-order valence-corrected chi connectivity index (χ1v) is 10.1. The second kappa shape index (κ2) is 8.78. The van der Waals surface area contributed by atoms with E-state index in [-0.39, 0.29) is 23.6 Å². The number of benzene rings is 3. The number of amides is 1. The van der Waals surface area contributed by atoms with Gasteiger partial charge in [0.2, 0.25) is 5.91 Å². The number of para-hydroxylation sites is 1. The Kier molecular flexibility index (Phi) is 5.91. The number of carbonyl (C=O) groups is 1. The topological polar surface area (TPSA) is 55.6 Å². The predicted octanol–water partition coefficient (Wildman–Crippen LogP) is 6.25. The molecule has 0 fully saturated rings. The third-order valence-corrected chi connectivity index (χ3v) is 5.20. The van der Waals surface area contributed by atoms with Crippen molar-refractivity contribution in [2.24, 2.45) is 5.92 Å². The molecule has 0 bridgehead atoms. The second-order valence-corrected chi connectivity index (χ2v) is 7.73. The first-order chi connectivity index (χ1) is 14.9. The van der Waals surface area contributed by atoms with Crippen molar-refractivity contribution in [2.45, 2.75) is 13.3 Å². The molecule has 0 radical (unpaired) electrons. The van der Waals surface area contributed by atoms with Gasteiger partial charge in [0, 0.05) is 24.1 Å². The molecule has 0 aliphatic heterocycles. The maximum Gasteiger partial charge on any atom is 0.400 e. The summed E-state index contributed by atoms with van der Waals surface area (Å²) in [6, 6.07) is 18.7. The smallest absolute Gasteiger partial charge is 0.400 e. The van der Waals surface area contributed by atoms with E-state index in [9.17, 15) is 9.18 Å². The highest BCUT2D eigenvalue weighted by Gasteiger charge is 2.21. The lowest BCUT2D eigenvalue weighted by Gasteiger charge is -2.22. The number of rotatable bonds is 6. The van der Waals surface area contributed by atoms with Gasteiger partial charge in [0.05, 0.1) is 5.69 Å². The second-order valence-electron chi connectivity index (χ2n) is 7.29. The highest BCUT2D eigenvalue weighted by molar-refractivity contribution is 6.31. The van der Waals surface area contributed by atoms with Gasteiger partial charge in [0.15, 0.2) is 5.58 Å². The highest BCUT2D eigenvalue weighted by Crippen LogP contribution is 2.28. The lowest BCUT2D eigenvalue weighted by Crippen LogP contribution is -2.33. The zero-order chi connectivity index (χ0) is 22.0. The van der Waals surface area contributed by atoms with Gasteiger partial charge < -0.3 is 14.1 Å². The number of anilines is 1.